The predicted octanol–water partition coefficient (Wildman–Crippen LogP) is 6.41. The summed E-state index contributed by atoms with van der Waals surface area (Å²) in [4.78, 5) is 33.1. The zero-order valence-corrected chi connectivity index (χ0v) is 20.9. The van der Waals surface area contributed by atoms with Crippen LogP contribution in [-0.4, -0.2) is 28.9 Å². The zero-order valence-electron chi connectivity index (χ0n) is 16.9. The minimum Gasteiger partial charge on any atom is -0.507 e. The number of benzene rings is 2. The molecule has 1 N–H and O–H groups in total. The molecule has 10 heteroatoms. The molecule has 166 valence electrons. The lowest BCUT2D eigenvalue weighted by molar-refractivity contribution is -0.132. The number of hydrogen-bond acceptors (Lipinski definition) is 7. The summed E-state index contributed by atoms with van der Waals surface area (Å²) in [6, 6.07) is 13.1. The molecule has 4 aromatic rings. The largest absolute Gasteiger partial charge is 0.507 e. The van der Waals surface area contributed by atoms with Crippen LogP contribution in [0.15, 0.2) is 64.0 Å². The molecule has 2 aromatic carbocycles. The Balaban J connectivity index is 1.70. The van der Waals surface area contributed by atoms with Gasteiger partial charge in [-0.1, -0.05) is 29.0 Å². The van der Waals surface area contributed by atoms with Gasteiger partial charge >= 0.3 is 5.91 Å². The van der Waals surface area contributed by atoms with Crippen LogP contribution in [0.4, 0.5) is 5.13 Å². The third-order valence-electron chi connectivity index (χ3n) is 5.23. The molecule has 0 saturated carbocycles. The fourth-order valence-corrected chi connectivity index (χ4v) is 6.34. The second kappa shape index (κ2) is 8.57. The highest BCUT2D eigenvalue weighted by atomic mass is 79.9. The number of thiazole rings is 1. The zero-order chi connectivity index (χ0) is 23.3. The summed E-state index contributed by atoms with van der Waals surface area (Å²) < 4.78 is 6.65. The molecule has 2 aromatic heterocycles. The van der Waals surface area contributed by atoms with Crippen molar-refractivity contribution in [3.8, 4) is 5.75 Å². The Morgan fingerprint density at radius 2 is 2.03 bits per heavy atom. The average Bonchev–Trinajstić information content (AvgIpc) is 3.52. The van der Waals surface area contributed by atoms with E-state index in [-0.39, 0.29) is 11.3 Å². The summed E-state index contributed by atoms with van der Waals surface area (Å²) in [6.07, 6.45) is 0. The van der Waals surface area contributed by atoms with E-state index in [0.29, 0.717) is 31.5 Å². The van der Waals surface area contributed by atoms with Crippen LogP contribution >= 0.6 is 50.2 Å². The van der Waals surface area contributed by atoms with Crippen molar-refractivity contribution in [2.24, 2.45) is 0 Å². The number of thiophene rings is 1. The summed E-state index contributed by atoms with van der Waals surface area (Å²) in [6.45, 7) is 0. The average molecular weight is 562 g/mol. The molecule has 0 aliphatic carbocycles. The number of nitrogens with zero attached hydrogens (tertiary/aromatic N) is 2. The number of aliphatic hydroxyl groups is 1. The first-order valence-corrected chi connectivity index (χ1v) is 12.5. The molecule has 1 fully saturated rings. The molecule has 0 radical (unpaired) electrons. The number of fused-ring (bicyclic) bond motifs is 1. The number of aliphatic hydroxyl groups excluding tert-OH is 1. The fraction of sp³-hybridized carbons (Fsp3) is 0.0870. The Morgan fingerprint density at radius 3 is 2.73 bits per heavy atom. The van der Waals surface area contributed by atoms with Crippen LogP contribution in [0.3, 0.4) is 0 Å². The van der Waals surface area contributed by atoms with Gasteiger partial charge in [0.1, 0.15) is 17.6 Å². The van der Waals surface area contributed by atoms with Crippen LogP contribution in [0.2, 0.25) is 5.02 Å². The summed E-state index contributed by atoms with van der Waals surface area (Å²) in [5.41, 5.74) is 1.07. The number of ether oxygens (including phenoxy) is 1. The summed E-state index contributed by atoms with van der Waals surface area (Å²) >= 11 is 12.2. The number of rotatable bonds is 4. The third kappa shape index (κ3) is 3.74. The van der Waals surface area contributed by atoms with Gasteiger partial charge < -0.3 is 9.84 Å². The maximum absolute atomic E-state index is 13.2. The Kier molecular flexibility index (Phi) is 5.74. The van der Waals surface area contributed by atoms with Gasteiger partial charge in [0, 0.05) is 15.5 Å². The lowest BCUT2D eigenvalue weighted by Gasteiger charge is -2.21. The van der Waals surface area contributed by atoms with Gasteiger partial charge in [-0.3, -0.25) is 14.5 Å². The number of carbonyl (C=O) groups is 2. The minimum absolute atomic E-state index is 0.0109. The first-order valence-electron chi connectivity index (χ1n) is 9.63. The monoisotopic (exact) mass is 560 g/mol. The van der Waals surface area contributed by atoms with Crippen molar-refractivity contribution in [1.29, 1.82) is 0 Å². The number of anilines is 1. The highest BCUT2D eigenvalue weighted by Gasteiger charge is 2.48. The molecule has 0 bridgehead atoms. The van der Waals surface area contributed by atoms with Gasteiger partial charge in [-0.15, -0.1) is 11.3 Å². The van der Waals surface area contributed by atoms with Crippen molar-refractivity contribution in [2.75, 3.05) is 12.0 Å². The summed E-state index contributed by atoms with van der Waals surface area (Å²) in [7, 11) is 1.53. The predicted molar refractivity (Wildman–Crippen MR) is 134 cm³/mol. The SMILES string of the molecule is COc1ccc(/C(O)=C2\C(=O)C(=O)N(c3nc4ccc(Cl)cc4s3)C2c2cccs2)cc1Br. The molecule has 5 rings (SSSR count). The van der Waals surface area contributed by atoms with Gasteiger partial charge in [-0.25, -0.2) is 4.98 Å². The van der Waals surface area contributed by atoms with Gasteiger partial charge in [-0.05, 0) is 63.8 Å². The van der Waals surface area contributed by atoms with Gasteiger partial charge in [0.2, 0.25) is 0 Å². The number of methoxy groups -OCH3 is 1. The molecule has 6 nitrogen and oxygen atoms in total. The fourth-order valence-electron chi connectivity index (χ4n) is 3.70. The number of halogens is 2. The van der Waals surface area contributed by atoms with E-state index in [4.69, 9.17) is 16.3 Å². The van der Waals surface area contributed by atoms with E-state index in [1.54, 1.807) is 36.4 Å². The normalized spacial score (nSPS) is 17.8. The third-order valence-corrected chi connectivity index (χ3v) is 8.02. The number of ketones is 1. The number of Topliss-reactive ketones (excluding diaryl/α,β-unsaturated/α-hetero) is 1. The first kappa shape index (κ1) is 22.1. The lowest BCUT2D eigenvalue weighted by Crippen LogP contribution is -2.28. The smallest absolute Gasteiger partial charge is 0.301 e. The van der Waals surface area contributed by atoms with E-state index in [1.807, 2.05) is 17.5 Å². The molecule has 1 atom stereocenters. The summed E-state index contributed by atoms with van der Waals surface area (Å²) in [5.74, 6) is -1.19. The van der Waals surface area contributed by atoms with Crippen molar-refractivity contribution in [3.05, 3.63) is 79.4 Å². The number of hydrogen-bond donors (Lipinski definition) is 1. The van der Waals surface area contributed by atoms with Gasteiger partial charge in [0.05, 0.1) is 27.4 Å². The van der Waals surface area contributed by atoms with Crippen molar-refractivity contribution >= 4 is 83.0 Å². The van der Waals surface area contributed by atoms with E-state index in [9.17, 15) is 14.7 Å². The molecular formula is C23H14BrClN2O4S2. The van der Waals surface area contributed by atoms with E-state index in [1.165, 1.54) is 34.7 Å². The minimum atomic E-state index is -0.804. The maximum Gasteiger partial charge on any atom is 0.301 e. The Labute approximate surface area is 209 Å². The van der Waals surface area contributed by atoms with Crippen LogP contribution in [0, 0.1) is 0 Å². The first-order chi connectivity index (χ1) is 15.9. The maximum atomic E-state index is 13.2. The topological polar surface area (TPSA) is 79.7 Å². The van der Waals surface area contributed by atoms with E-state index in [0.717, 1.165) is 9.58 Å². The molecule has 1 aliphatic rings. The van der Waals surface area contributed by atoms with Gasteiger partial charge in [0.25, 0.3) is 5.78 Å². The molecular weight excluding hydrogens is 548 g/mol. The van der Waals surface area contributed by atoms with E-state index >= 15 is 0 Å². The second-order valence-corrected chi connectivity index (χ2v) is 10.4. The highest BCUT2D eigenvalue weighted by Crippen LogP contribution is 2.46. The van der Waals surface area contributed by atoms with Gasteiger partial charge in [0.15, 0.2) is 5.13 Å². The van der Waals surface area contributed by atoms with Crippen molar-refractivity contribution in [2.45, 2.75) is 6.04 Å². The van der Waals surface area contributed by atoms with E-state index < -0.39 is 17.7 Å². The van der Waals surface area contributed by atoms with Crippen LogP contribution < -0.4 is 9.64 Å². The standard InChI is InChI=1S/C23H14BrClN2O4S2/c1-31-15-7-4-11(9-13(15)24)20(28)18-19(16-3-2-8-32-16)27(22(30)21(18)29)23-26-14-6-5-12(25)10-17(14)33-23/h2-10,19,28H,1H3/b20-18+. The molecule has 1 aliphatic heterocycles. The van der Waals surface area contributed by atoms with Crippen molar-refractivity contribution in [1.82, 2.24) is 4.98 Å². The molecule has 33 heavy (non-hydrogen) atoms. The molecule has 3 heterocycles. The summed E-state index contributed by atoms with van der Waals surface area (Å²) in [5, 5.41) is 14.0. The molecule has 1 unspecified atom stereocenters. The Hall–Kier alpha value is -2.72. The molecule has 1 saturated heterocycles. The van der Waals surface area contributed by atoms with E-state index in [2.05, 4.69) is 20.9 Å². The van der Waals surface area contributed by atoms with Crippen molar-refractivity contribution in [3.63, 3.8) is 0 Å². The second-order valence-electron chi connectivity index (χ2n) is 7.14. The van der Waals surface area contributed by atoms with Crippen LogP contribution in [-0.2, 0) is 9.59 Å². The highest BCUT2D eigenvalue weighted by molar-refractivity contribution is 9.10. The number of carbonyl (C=O) groups excluding carboxylic acids is 2. The number of amides is 1. The quantitative estimate of drug-likeness (QED) is 0.177. The number of aromatic nitrogens is 1. The van der Waals surface area contributed by atoms with Crippen LogP contribution in [0.25, 0.3) is 16.0 Å². The Morgan fingerprint density at radius 1 is 1.21 bits per heavy atom. The molecule has 0 spiro atoms. The Bertz CT molecular complexity index is 1450. The van der Waals surface area contributed by atoms with Crippen LogP contribution in [0.1, 0.15) is 16.5 Å². The lowest BCUT2D eigenvalue weighted by atomic mass is 10.00. The molecule has 1 amide bonds. The van der Waals surface area contributed by atoms with Gasteiger partial charge in [-0.2, -0.15) is 0 Å². The van der Waals surface area contributed by atoms with Crippen molar-refractivity contribution < 1.29 is 19.4 Å². The van der Waals surface area contributed by atoms with Crippen LogP contribution in [0.5, 0.6) is 5.75 Å².